The van der Waals surface area contributed by atoms with E-state index in [4.69, 9.17) is 0 Å². The molecule has 0 bridgehead atoms. The molecule has 3 nitrogen and oxygen atoms in total. The second-order valence-corrected chi connectivity index (χ2v) is 4.70. The molecule has 0 aliphatic carbocycles. The van der Waals surface area contributed by atoms with Crippen molar-refractivity contribution in [3.05, 3.63) is 78.1 Å². The minimum Gasteiger partial charge on any atom is -0.507 e. The molecule has 0 spiro atoms. The lowest BCUT2D eigenvalue weighted by Gasteiger charge is -2.00. The van der Waals surface area contributed by atoms with E-state index in [1.807, 2.05) is 24.3 Å². The zero-order valence-electron chi connectivity index (χ0n) is 11.2. The molecular weight excluding hydrogens is 262 g/mol. The quantitative estimate of drug-likeness (QED) is 0.583. The fraction of sp³-hybridized carbons (Fsp3) is 0. The smallest absolute Gasteiger partial charge is 0.189 e. The summed E-state index contributed by atoms with van der Waals surface area (Å²) >= 11 is 0. The summed E-state index contributed by atoms with van der Waals surface area (Å²) in [6.07, 6.45) is 6.75. The SMILES string of the molecule is O=C(/C=C/c1ccc2cnccc2c1)c1ccccc1O. The van der Waals surface area contributed by atoms with Crippen LogP contribution >= 0.6 is 0 Å². The Bertz CT molecular complexity index is 837. The van der Waals surface area contributed by atoms with Gasteiger partial charge in [-0.15, -0.1) is 0 Å². The number of phenols is 1. The number of rotatable bonds is 3. The Hall–Kier alpha value is -2.94. The van der Waals surface area contributed by atoms with Gasteiger partial charge in [-0.25, -0.2) is 0 Å². The molecule has 21 heavy (non-hydrogen) atoms. The number of carbonyl (C=O) groups is 1. The van der Waals surface area contributed by atoms with Gasteiger partial charge in [0.15, 0.2) is 5.78 Å². The van der Waals surface area contributed by atoms with Gasteiger partial charge in [-0.3, -0.25) is 9.78 Å². The molecular formula is C18H13NO2. The molecule has 0 unspecified atom stereocenters. The van der Waals surface area contributed by atoms with Crippen molar-refractivity contribution < 1.29 is 9.90 Å². The maximum absolute atomic E-state index is 12.0. The molecule has 0 radical (unpaired) electrons. The summed E-state index contributed by atoms with van der Waals surface area (Å²) in [4.78, 5) is 16.1. The van der Waals surface area contributed by atoms with E-state index < -0.39 is 0 Å². The van der Waals surface area contributed by atoms with Gasteiger partial charge in [0.2, 0.25) is 0 Å². The van der Waals surface area contributed by atoms with Crippen LogP contribution in [-0.2, 0) is 0 Å². The lowest BCUT2D eigenvalue weighted by atomic mass is 10.1. The van der Waals surface area contributed by atoms with E-state index in [1.54, 1.807) is 36.7 Å². The van der Waals surface area contributed by atoms with Gasteiger partial charge in [0, 0.05) is 17.8 Å². The topological polar surface area (TPSA) is 50.2 Å². The van der Waals surface area contributed by atoms with E-state index in [2.05, 4.69) is 4.98 Å². The van der Waals surface area contributed by atoms with E-state index in [0.29, 0.717) is 5.56 Å². The van der Waals surface area contributed by atoms with Gasteiger partial charge < -0.3 is 5.11 Å². The number of para-hydroxylation sites is 1. The Morgan fingerprint density at radius 1 is 1.05 bits per heavy atom. The molecule has 0 fully saturated rings. The standard InChI is InChI=1S/C18H13NO2/c20-17-4-2-1-3-16(17)18(21)8-6-13-5-7-15-12-19-10-9-14(15)11-13/h1-12,20H/b8-6+. The molecule has 3 heteroatoms. The maximum Gasteiger partial charge on any atom is 0.189 e. The van der Waals surface area contributed by atoms with Gasteiger partial charge in [-0.2, -0.15) is 0 Å². The Balaban J connectivity index is 1.87. The first kappa shape index (κ1) is 13.1. The number of aromatic nitrogens is 1. The van der Waals surface area contributed by atoms with E-state index in [1.165, 1.54) is 12.1 Å². The zero-order valence-corrected chi connectivity index (χ0v) is 11.2. The van der Waals surface area contributed by atoms with Crippen LogP contribution in [0, 0.1) is 0 Å². The van der Waals surface area contributed by atoms with Crippen molar-refractivity contribution in [2.75, 3.05) is 0 Å². The van der Waals surface area contributed by atoms with Crippen LogP contribution in [0.5, 0.6) is 5.75 Å². The summed E-state index contributed by atoms with van der Waals surface area (Å²) in [7, 11) is 0. The van der Waals surface area contributed by atoms with Crippen LogP contribution < -0.4 is 0 Å². The number of hydrogen-bond acceptors (Lipinski definition) is 3. The number of phenolic OH excluding ortho intramolecular Hbond substituents is 1. The third-order valence-electron chi connectivity index (χ3n) is 3.26. The molecule has 1 N–H and O–H groups in total. The minimum atomic E-state index is -0.220. The third-order valence-corrected chi connectivity index (χ3v) is 3.26. The highest BCUT2D eigenvalue weighted by molar-refractivity contribution is 6.08. The van der Waals surface area contributed by atoms with Crippen LogP contribution in [0.4, 0.5) is 0 Å². The average Bonchev–Trinajstić information content (AvgIpc) is 2.53. The molecule has 0 atom stereocenters. The molecule has 0 saturated carbocycles. The number of hydrogen-bond donors (Lipinski definition) is 1. The van der Waals surface area contributed by atoms with Crippen molar-refractivity contribution in [1.82, 2.24) is 4.98 Å². The Labute approximate surface area is 122 Å². The average molecular weight is 275 g/mol. The highest BCUT2D eigenvalue weighted by Crippen LogP contribution is 2.18. The van der Waals surface area contributed by atoms with Crippen LogP contribution in [0.1, 0.15) is 15.9 Å². The first-order chi connectivity index (χ1) is 10.2. The number of allylic oxidation sites excluding steroid dienone is 1. The molecule has 1 aromatic heterocycles. The summed E-state index contributed by atoms with van der Waals surface area (Å²) in [5, 5.41) is 11.8. The largest absolute Gasteiger partial charge is 0.507 e. The molecule has 2 aromatic carbocycles. The lowest BCUT2D eigenvalue weighted by molar-refractivity contribution is 0.104. The maximum atomic E-state index is 12.0. The number of ketones is 1. The second kappa shape index (κ2) is 5.59. The van der Waals surface area contributed by atoms with Crippen molar-refractivity contribution in [3.63, 3.8) is 0 Å². The number of nitrogens with zero attached hydrogens (tertiary/aromatic N) is 1. The molecule has 3 aromatic rings. The monoisotopic (exact) mass is 275 g/mol. The van der Waals surface area contributed by atoms with Gasteiger partial charge in [-0.05, 0) is 41.3 Å². The lowest BCUT2D eigenvalue weighted by Crippen LogP contribution is -1.94. The third kappa shape index (κ3) is 2.82. The predicted molar refractivity (Wildman–Crippen MR) is 83.2 cm³/mol. The highest BCUT2D eigenvalue weighted by Gasteiger charge is 2.06. The Morgan fingerprint density at radius 3 is 2.76 bits per heavy atom. The minimum absolute atomic E-state index is 0.00302. The summed E-state index contributed by atoms with van der Waals surface area (Å²) in [6, 6.07) is 14.3. The number of pyridine rings is 1. The normalized spacial score (nSPS) is 11.0. The van der Waals surface area contributed by atoms with E-state index in [-0.39, 0.29) is 11.5 Å². The van der Waals surface area contributed by atoms with Crippen molar-refractivity contribution in [2.45, 2.75) is 0 Å². The summed E-state index contributed by atoms with van der Waals surface area (Å²) < 4.78 is 0. The predicted octanol–water partition coefficient (Wildman–Crippen LogP) is 3.84. The fourth-order valence-electron chi connectivity index (χ4n) is 2.15. The van der Waals surface area contributed by atoms with E-state index in [9.17, 15) is 9.90 Å². The van der Waals surface area contributed by atoms with Gasteiger partial charge in [0.25, 0.3) is 0 Å². The molecule has 0 aliphatic heterocycles. The summed E-state index contributed by atoms with van der Waals surface area (Å²) in [6.45, 7) is 0. The second-order valence-electron chi connectivity index (χ2n) is 4.70. The van der Waals surface area contributed by atoms with Crippen LogP contribution in [0.15, 0.2) is 67.0 Å². The van der Waals surface area contributed by atoms with Crippen molar-refractivity contribution >= 4 is 22.6 Å². The zero-order chi connectivity index (χ0) is 14.7. The fourth-order valence-corrected chi connectivity index (χ4v) is 2.15. The van der Waals surface area contributed by atoms with Crippen molar-refractivity contribution in [2.24, 2.45) is 0 Å². The van der Waals surface area contributed by atoms with Crippen molar-refractivity contribution in [1.29, 1.82) is 0 Å². The van der Waals surface area contributed by atoms with Crippen LogP contribution in [0.2, 0.25) is 0 Å². The molecule has 1 heterocycles. The van der Waals surface area contributed by atoms with Crippen LogP contribution in [0.25, 0.3) is 16.8 Å². The van der Waals surface area contributed by atoms with Gasteiger partial charge in [-0.1, -0.05) is 30.3 Å². The highest BCUT2D eigenvalue weighted by atomic mass is 16.3. The van der Waals surface area contributed by atoms with E-state index >= 15 is 0 Å². The van der Waals surface area contributed by atoms with E-state index in [0.717, 1.165) is 16.3 Å². The number of benzene rings is 2. The molecule has 3 rings (SSSR count). The molecule has 102 valence electrons. The first-order valence-corrected chi connectivity index (χ1v) is 6.58. The Kier molecular flexibility index (Phi) is 3.48. The van der Waals surface area contributed by atoms with Crippen LogP contribution in [-0.4, -0.2) is 15.9 Å². The Morgan fingerprint density at radius 2 is 1.90 bits per heavy atom. The van der Waals surface area contributed by atoms with Gasteiger partial charge in [0.05, 0.1) is 5.56 Å². The number of fused-ring (bicyclic) bond motifs is 1. The molecule has 0 aliphatic rings. The van der Waals surface area contributed by atoms with Crippen molar-refractivity contribution in [3.8, 4) is 5.75 Å². The molecule has 0 amide bonds. The summed E-state index contributed by atoms with van der Waals surface area (Å²) in [5.74, 6) is -0.223. The number of carbonyl (C=O) groups excluding carboxylic acids is 1. The van der Waals surface area contributed by atoms with Crippen LogP contribution in [0.3, 0.4) is 0 Å². The summed E-state index contributed by atoms with van der Waals surface area (Å²) in [5.41, 5.74) is 1.23. The van der Waals surface area contributed by atoms with Gasteiger partial charge in [0.1, 0.15) is 5.75 Å². The first-order valence-electron chi connectivity index (χ1n) is 6.58. The number of aromatic hydroxyl groups is 1. The molecule has 0 saturated heterocycles. The van der Waals surface area contributed by atoms with Gasteiger partial charge >= 0.3 is 0 Å².